The number of hydrogen-bond donors (Lipinski definition) is 1. The van der Waals surface area contributed by atoms with Gasteiger partial charge in [-0.2, -0.15) is 0 Å². The van der Waals surface area contributed by atoms with E-state index in [4.69, 9.17) is 4.74 Å². The lowest BCUT2D eigenvalue weighted by Crippen LogP contribution is -2.44. The highest BCUT2D eigenvalue weighted by Crippen LogP contribution is 2.32. The number of hydrogen-bond acceptors (Lipinski definition) is 4. The van der Waals surface area contributed by atoms with Crippen molar-refractivity contribution in [3.8, 4) is 0 Å². The van der Waals surface area contributed by atoms with E-state index in [0.29, 0.717) is 0 Å². The van der Waals surface area contributed by atoms with E-state index in [1.165, 1.54) is 0 Å². The molecule has 0 spiro atoms. The van der Waals surface area contributed by atoms with Crippen LogP contribution >= 0.6 is 0 Å². The van der Waals surface area contributed by atoms with Crippen LogP contribution < -0.4 is 5.32 Å². The van der Waals surface area contributed by atoms with Crippen molar-refractivity contribution in [3.63, 3.8) is 0 Å². The van der Waals surface area contributed by atoms with E-state index in [0.717, 1.165) is 37.4 Å². The van der Waals surface area contributed by atoms with Crippen LogP contribution in [0, 0.1) is 12.8 Å². The Morgan fingerprint density at radius 1 is 1.50 bits per heavy atom. The van der Waals surface area contributed by atoms with Crippen molar-refractivity contribution in [2.75, 3.05) is 20.1 Å². The van der Waals surface area contributed by atoms with Crippen LogP contribution in [-0.2, 0) is 16.1 Å². The monoisotopic (exact) mass is 275 g/mol. The van der Waals surface area contributed by atoms with Crippen molar-refractivity contribution < 1.29 is 9.53 Å². The predicted octanol–water partition coefficient (Wildman–Crippen LogP) is 0.725. The summed E-state index contributed by atoms with van der Waals surface area (Å²) in [6.45, 7) is 4.54. The summed E-state index contributed by atoms with van der Waals surface area (Å²) in [5, 5.41) is 2.74. The van der Waals surface area contributed by atoms with E-state index in [-0.39, 0.29) is 24.0 Å². The number of likely N-dealkylation sites (tertiary alicyclic amines) is 1. The molecule has 0 saturated carbocycles. The van der Waals surface area contributed by atoms with Crippen molar-refractivity contribution in [2.24, 2.45) is 5.92 Å². The van der Waals surface area contributed by atoms with Gasteiger partial charge in [0.15, 0.2) is 0 Å². The van der Waals surface area contributed by atoms with Gasteiger partial charge in [0.1, 0.15) is 0 Å². The topological polar surface area (TPSA) is 54.5 Å². The number of rotatable bonds is 3. The molecule has 108 valence electrons. The highest BCUT2D eigenvalue weighted by Gasteiger charge is 2.44. The molecular formula is C15H21N3O2. The van der Waals surface area contributed by atoms with E-state index in [9.17, 15) is 4.79 Å². The molecule has 0 radical (unpaired) electrons. The van der Waals surface area contributed by atoms with Crippen molar-refractivity contribution in [1.29, 1.82) is 0 Å². The first-order chi connectivity index (χ1) is 9.65. The second-order valence-corrected chi connectivity index (χ2v) is 5.72. The third-order valence-electron chi connectivity index (χ3n) is 4.15. The number of morpholine rings is 1. The Bertz CT molecular complexity index is 506. The van der Waals surface area contributed by atoms with Crippen LogP contribution in [0.15, 0.2) is 18.2 Å². The van der Waals surface area contributed by atoms with Gasteiger partial charge in [0.05, 0.1) is 23.8 Å². The summed E-state index contributed by atoms with van der Waals surface area (Å²) in [4.78, 5) is 18.7. The number of ether oxygens (including phenoxy) is 1. The fraction of sp³-hybridized carbons (Fsp3) is 0.600. The van der Waals surface area contributed by atoms with E-state index in [1.54, 1.807) is 7.05 Å². The van der Waals surface area contributed by atoms with Crippen LogP contribution in [0.25, 0.3) is 0 Å². The summed E-state index contributed by atoms with van der Waals surface area (Å²) < 4.78 is 5.90. The van der Waals surface area contributed by atoms with E-state index >= 15 is 0 Å². The SMILES string of the molecule is CNC(=O)[C@H]1C[C@H]2CN(Cc3cccc(C)n3)C[C@H]1O2. The van der Waals surface area contributed by atoms with Gasteiger partial charge in [0.25, 0.3) is 0 Å². The lowest BCUT2D eigenvalue weighted by Gasteiger charge is -2.32. The zero-order valence-corrected chi connectivity index (χ0v) is 12.0. The molecule has 2 saturated heterocycles. The van der Waals surface area contributed by atoms with Gasteiger partial charge < -0.3 is 10.1 Å². The molecule has 1 N–H and O–H groups in total. The molecule has 5 heteroatoms. The maximum atomic E-state index is 11.8. The maximum absolute atomic E-state index is 11.8. The van der Waals surface area contributed by atoms with Crippen LogP contribution in [0.2, 0.25) is 0 Å². The average Bonchev–Trinajstić information content (AvgIpc) is 2.73. The summed E-state index contributed by atoms with van der Waals surface area (Å²) in [6, 6.07) is 6.11. The first-order valence-corrected chi connectivity index (χ1v) is 7.17. The van der Waals surface area contributed by atoms with Crippen LogP contribution in [0.3, 0.4) is 0 Å². The lowest BCUT2D eigenvalue weighted by atomic mass is 10.00. The number of fused-ring (bicyclic) bond motifs is 2. The Balaban J connectivity index is 1.65. The molecule has 1 amide bonds. The van der Waals surface area contributed by atoms with E-state index in [2.05, 4.69) is 21.3 Å². The third-order valence-corrected chi connectivity index (χ3v) is 4.15. The second kappa shape index (κ2) is 5.50. The first-order valence-electron chi connectivity index (χ1n) is 7.17. The fourth-order valence-corrected chi connectivity index (χ4v) is 3.24. The summed E-state index contributed by atoms with van der Waals surface area (Å²) in [5.74, 6) is 0.105. The highest BCUT2D eigenvalue weighted by molar-refractivity contribution is 5.79. The quantitative estimate of drug-likeness (QED) is 0.883. The van der Waals surface area contributed by atoms with Gasteiger partial charge in [-0.25, -0.2) is 0 Å². The van der Waals surface area contributed by atoms with Crippen molar-refractivity contribution in [3.05, 3.63) is 29.6 Å². The average molecular weight is 275 g/mol. The number of nitrogens with one attached hydrogen (secondary N) is 1. The molecule has 0 aromatic carbocycles. The maximum Gasteiger partial charge on any atom is 0.225 e. The molecule has 3 heterocycles. The summed E-state index contributed by atoms with van der Waals surface area (Å²) >= 11 is 0. The molecule has 2 fully saturated rings. The number of amides is 1. The zero-order chi connectivity index (χ0) is 14.1. The molecule has 20 heavy (non-hydrogen) atoms. The molecule has 1 aromatic rings. The molecule has 5 nitrogen and oxygen atoms in total. The minimum absolute atomic E-state index is 0.000434. The van der Waals surface area contributed by atoms with Crippen LogP contribution in [-0.4, -0.2) is 48.1 Å². The van der Waals surface area contributed by atoms with Gasteiger partial charge in [-0.05, 0) is 25.5 Å². The number of aromatic nitrogens is 1. The Labute approximate surface area is 119 Å². The molecule has 1 aromatic heterocycles. The molecule has 2 bridgehead atoms. The minimum Gasteiger partial charge on any atom is -0.371 e. The Morgan fingerprint density at radius 2 is 2.35 bits per heavy atom. The smallest absolute Gasteiger partial charge is 0.225 e. The van der Waals surface area contributed by atoms with Crippen LogP contribution in [0.5, 0.6) is 0 Å². The first kappa shape index (κ1) is 13.5. The number of aryl methyl sites for hydroxylation is 1. The summed E-state index contributed by atoms with van der Waals surface area (Å²) in [7, 11) is 1.69. The van der Waals surface area contributed by atoms with Gasteiger partial charge in [-0.1, -0.05) is 6.07 Å². The molecule has 0 unspecified atom stereocenters. The normalized spacial score (nSPS) is 29.4. The van der Waals surface area contributed by atoms with Gasteiger partial charge in [0, 0.05) is 32.4 Å². The molecule has 3 atom stereocenters. The minimum atomic E-state index is 0.000434. The van der Waals surface area contributed by atoms with Gasteiger partial charge >= 0.3 is 0 Å². The Morgan fingerprint density at radius 3 is 3.10 bits per heavy atom. The third kappa shape index (κ3) is 2.69. The molecule has 2 aliphatic rings. The zero-order valence-electron chi connectivity index (χ0n) is 12.0. The van der Waals surface area contributed by atoms with Crippen LogP contribution in [0.4, 0.5) is 0 Å². The van der Waals surface area contributed by atoms with Crippen molar-refractivity contribution in [2.45, 2.75) is 32.1 Å². The Kier molecular flexibility index (Phi) is 3.72. The fourth-order valence-electron chi connectivity index (χ4n) is 3.24. The highest BCUT2D eigenvalue weighted by atomic mass is 16.5. The van der Waals surface area contributed by atoms with Gasteiger partial charge in [-0.15, -0.1) is 0 Å². The number of pyridine rings is 1. The largest absolute Gasteiger partial charge is 0.371 e. The van der Waals surface area contributed by atoms with Crippen molar-refractivity contribution >= 4 is 5.91 Å². The summed E-state index contributed by atoms with van der Waals surface area (Å²) in [5.41, 5.74) is 2.13. The molecule has 2 aliphatic heterocycles. The number of carbonyl (C=O) groups is 1. The lowest BCUT2D eigenvalue weighted by molar-refractivity contribution is -0.127. The molecular weight excluding hydrogens is 254 g/mol. The second-order valence-electron chi connectivity index (χ2n) is 5.72. The summed E-state index contributed by atoms with van der Waals surface area (Å²) in [6.07, 6.45) is 1.04. The number of carbonyl (C=O) groups excluding carboxylic acids is 1. The standard InChI is InChI=1S/C15H21N3O2/c1-10-4-3-5-11(17-10)7-18-8-12-6-13(15(19)16-2)14(9-18)20-12/h3-5,12-14H,6-9H2,1-2H3,(H,16,19)/t12-,13-,14+/m0/s1. The molecule has 0 aliphatic carbocycles. The van der Waals surface area contributed by atoms with Gasteiger partial charge in [0.2, 0.25) is 5.91 Å². The van der Waals surface area contributed by atoms with Crippen molar-refractivity contribution in [1.82, 2.24) is 15.2 Å². The van der Waals surface area contributed by atoms with E-state index < -0.39 is 0 Å². The number of nitrogens with zero attached hydrogens (tertiary/aromatic N) is 2. The van der Waals surface area contributed by atoms with E-state index in [1.807, 2.05) is 19.1 Å². The predicted molar refractivity (Wildman–Crippen MR) is 75.1 cm³/mol. The molecule has 3 rings (SSSR count). The Hall–Kier alpha value is -1.46. The van der Waals surface area contributed by atoms with Crippen LogP contribution in [0.1, 0.15) is 17.8 Å². The van der Waals surface area contributed by atoms with Gasteiger partial charge in [-0.3, -0.25) is 14.7 Å².